The van der Waals surface area contributed by atoms with E-state index in [-0.39, 0.29) is 23.5 Å². The van der Waals surface area contributed by atoms with Crippen LogP contribution in [0, 0.1) is 35.8 Å². The van der Waals surface area contributed by atoms with Crippen molar-refractivity contribution in [1.29, 1.82) is 0 Å². The summed E-state index contributed by atoms with van der Waals surface area (Å²) in [5.74, 6) is -2.48. The molecule has 3 saturated heterocycles. The molecular weight excluding hydrogens is 424 g/mol. The van der Waals surface area contributed by atoms with Gasteiger partial charge in [0.2, 0.25) is 17.7 Å². The normalized spacial score (nSPS) is 30.1. The second-order valence-corrected chi connectivity index (χ2v) is 9.42. The SMILES string of the molecule is Cc1ccc2c(c1)[C@]1(C(=O)N2)[C@@H]2C(=O)N(c3ccc([N+](=O)[O-])cc3C)C(=O)[C@H]2[C@@H]2CCCN21. The molecule has 9 heteroatoms. The van der Waals surface area contributed by atoms with Crippen LogP contribution >= 0.6 is 0 Å². The average Bonchev–Trinajstić information content (AvgIpc) is 3.47. The predicted octanol–water partition coefficient (Wildman–Crippen LogP) is 2.64. The summed E-state index contributed by atoms with van der Waals surface area (Å²) in [5, 5.41) is 14.1. The van der Waals surface area contributed by atoms with Crippen molar-refractivity contribution in [2.24, 2.45) is 11.8 Å². The first-order valence-electron chi connectivity index (χ1n) is 11.1. The third-order valence-corrected chi connectivity index (χ3v) is 7.78. The molecule has 0 radical (unpaired) electrons. The van der Waals surface area contributed by atoms with E-state index in [2.05, 4.69) is 10.2 Å². The zero-order valence-corrected chi connectivity index (χ0v) is 18.2. The molecule has 0 aliphatic carbocycles. The van der Waals surface area contributed by atoms with Gasteiger partial charge >= 0.3 is 0 Å². The van der Waals surface area contributed by atoms with Crippen LogP contribution < -0.4 is 10.2 Å². The molecule has 3 amide bonds. The van der Waals surface area contributed by atoms with Gasteiger partial charge in [-0.3, -0.25) is 29.4 Å². The van der Waals surface area contributed by atoms with Gasteiger partial charge in [0.05, 0.1) is 22.4 Å². The van der Waals surface area contributed by atoms with Crippen LogP contribution in [0.25, 0.3) is 0 Å². The van der Waals surface area contributed by atoms with Crippen molar-refractivity contribution < 1.29 is 19.3 Å². The van der Waals surface area contributed by atoms with Gasteiger partial charge < -0.3 is 5.32 Å². The van der Waals surface area contributed by atoms with Crippen molar-refractivity contribution in [2.75, 3.05) is 16.8 Å². The van der Waals surface area contributed by atoms with Crippen LogP contribution in [-0.4, -0.2) is 40.1 Å². The minimum Gasteiger partial charge on any atom is -0.324 e. The third-order valence-electron chi connectivity index (χ3n) is 7.78. The molecule has 4 aliphatic heterocycles. The van der Waals surface area contributed by atoms with E-state index in [1.807, 2.05) is 25.1 Å². The number of nitro groups is 1. The highest BCUT2D eigenvalue weighted by atomic mass is 16.6. The molecule has 4 heterocycles. The number of imide groups is 1. The van der Waals surface area contributed by atoms with Crippen LogP contribution in [0.2, 0.25) is 0 Å². The molecule has 2 aromatic rings. The minimum absolute atomic E-state index is 0.103. The molecule has 9 nitrogen and oxygen atoms in total. The number of nitrogens with one attached hydrogen (secondary N) is 1. The van der Waals surface area contributed by atoms with E-state index < -0.39 is 28.2 Å². The Morgan fingerprint density at radius 3 is 2.61 bits per heavy atom. The Morgan fingerprint density at radius 2 is 1.88 bits per heavy atom. The molecule has 168 valence electrons. The Labute approximate surface area is 189 Å². The number of anilines is 2. The van der Waals surface area contributed by atoms with Crippen molar-refractivity contribution >= 4 is 34.8 Å². The number of fused-ring (bicyclic) bond motifs is 7. The van der Waals surface area contributed by atoms with E-state index in [4.69, 9.17) is 0 Å². The zero-order chi connectivity index (χ0) is 23.2. The summed E-state index contributed by atoms with van der Waals surface area (Å²) in [5.41, 5.74) is 1.90. The van der Waals surface area contributed by atoms with Crippen molar-refractivity contribution in [3.8, 4) is 0 Å². The largest absolute Gasteiger partial charge is 0.324 e. The molecule has 2 aromatic carbocycles. The number of aryl methyl sites for hydroxylation is 2. The van der Waals surface area contributed by atoms with Crippen molar-refractivity contribution in [3.63, 3.8) is 0 Å². The molecular formula is C24H22N4O5. The predicted molar refractivity (Wildman–Crippen MR) is 119 cm³/mol. The van der Waals surface area contributed by atoms with Crippen LogP contribution in [0.5, 0.6) is 0 Å². The number of rotatable bonds is 2. The number of nitro benzene ring substituents is 1. The molecule has 0 aromatic heterocycles. The van der Waals surface area contributed by atoms with Gasteiger partial charge in [-0.05, 0) is 50.9 Å². The maximum absolute atomic E-state index is 14.0. The number of benzene rings is 2. The maximum atomic E-state index is 14.0. The Hall–Kier alpha value is -3.59. The first kappa shape index (κ1) is 20.0. The highest BCUT2D eigenvalue weighted by Gasteiger charge is 2.74. The van der Waals surface area contributed by atoms with Crippen LogP contribution in [-0.2, 0) is 19.9 Å². The number of hydrogen-bond donors (Lipinski definition) is 1. The molecule has 1 spiro atoms. The quantitative estimate of drug-likeness (QED) is 0.431. The van der Waals surface area contributed by atoms with E-state index in [0.717, 1.165) is 28.9 Å². The van der Waals surface area contributed by atoms with Crippen molar-refractivity contribution in [1.82, 2.24) is 4.90 Å². The topological polar surface area (TPSA) is 113 Å². The minimum atomic E-state index is -1.22. The molecule has 1 N–H and O–H groups in total. The van der Waals surface area contributed by atoms with E-state index in [1.165, 1.54) is 18.2 Å². The lowest BCUT2D eigenvalue weighted by molar-refractivity contribution is -0.384. The Kier molecular flexibility index (Phi) is 3.93. The smallest absolute Gasteiger partial charge is 0.269 e. The summed E-state index contributed by atoms with van der Waals surface area (Å²) in [6.45, 7) is 4.24. The summed E-state index contributed by atoms with van der Waals surface area (Å²) in [6.07, 6.45) is 1.59. The van der Waals surface area contributed by atoms with Gasteiger partial charge in [-0.15, -0.1) is 0 Å². The zero-order valence-electron chi connectivity index (χ0n) is 18.2. The number of carbonyl (C=O) groups is 3. The second kappa shape index (κ2) is 6.48. The fraction of sp³-hybridized carbons (Fsp3) is 0.375. The second-order valence-electron chi connectivity index (χ2n) is 9.42. The Balaban J connectivity index is 1.53. The van der Waals surface area contributed by atoms with Gasteiger partial charge in [-0.2, -0.15) is 0 Å². The molecule has 33 heavy (non-hydrogen) atoms. The van der Waals surface area contributed by atoms with Crippen LogP contribution in [0.1, 0.15) is 29.5 Å². The molecule has 6 rings (SSSR count). The molecule has 0 unspecified atom stereocenters. The summed E-state index contributed by atoms with van der Waals surface area (Å²) in [7, 11) is 0. The average molecular weight is 446 g/mol. The van der Waals surface area contributed by atoms with Gasteiger partial charge in [0, 0.05) is 29.4 Å². The summed E-state index contributed by atoms with van der Waals surface area (Å²) in [4.78, 5) is 55.2. The van der Waals surface area contributed by atoms with E-state index in [9.17, 15) is 24.5 Å². The first-order valence-corrected chi connectivity index (χ1v) is 11.1. The lowest BCUT2D eigenvalue weighted by atomic mass is 9.75. The Bertz CT molecular complexity index is 1290. The number of amides is 3. The number of carbonyl (C=O) groups excluding carboxylic acids is 3. The standard InChI is InChI=1S/C24H22N4O5/c1-12-5-7-16-15(10-12)24(23(31)25-16)20-19(18-4-3-9-26(18)24)21(29)27(22(20)30)17-8-6-14(28(32)33)11-13(17)2/h5-8,10-11,18-20H,3-4,9H2,1-2H3,(H,25,31)/t18-,19-,20-,24+/m0/s1. The maximum Gasteiger partial charge on any atom is 0.269 e. The van der Waals surface area contributed by atoms with Crippen molar-refractivity contribution in [2.45, 2.75) is 38.3 Å². The molecule has 3 fully saturated rings. The highest BCUT2D eigenvalue weighted by molar-refractivity contribution is 6.26. The van der Waals surface area contributed by atoms with Crippen LogP contribution in [0.15, 0.2) is 36.4 Å². The first-order chi connectivity index (χ1) is 15.8. The number of non-ortho nitro benzene ring substituents is 1. The summed E-state index contributed by atoms with van der Waals surface area (Å²) in [6, 6.07) is 9.64. The van der Waals surface area contributed by atoms with Gasteiger partial charge in [-0.25, -0.2) is 4.90 Å². The lowest BCUT2D eigenvalue weighted by Crippen LogP contribution is -2.54. The van der Waals surface area contributed by atoms with E-state index >= 15 is 0 Å². The van der Waals surface area contributed by atoms with E-state index in [0.29, 0.717) is 23.5 Å². The van der Waals surface area contributed by atoms with Gasteiger partial charge in [-0.1, -0.05) is 17.7 Å². The van der Waals surface area contributed by atoms with Gasteiger partial charge in [0.1, 0.15) is 5.54 Å². The molecule has 4 aliphatic rings. The van der Waals surface area contributed by atoms with E-state index in [1.54, 1.807) is 6.92 Å². The monoisotopic (exact) mass is 446 g/mol. The third kappa shape index (κ3) is 2.32. The fourth-order valence-corrected chi connectivity index (χ4v) is 6.56. The Morgan fingerprint density at radius 1 is 1.09 bits per heavy atom. The highest BCUT2D eigenvalue weighted by Crippen LogP contribution is 2.60. The van der Waals surface area contributed by atoms with Crippen molar-refractivity contribution in [3.05, 3.63) is 63.2 Å². The van der Waals surface area contributed by atoms with Crippen LogP contribution in [0.3, 0.4) is 0 Å². The fourth-order valence-electron chi connectivity index (χ4n) is 6.56. The number of nitrogens with zero attached hydrogens (tertiary/aromatic N) is 3. The summed E-state index contributed by atoms with van der Waals surface area (Å²) >= 11 is 0. The lowest BCUT2D eigenvalue weighted by Gasteiger charge is -2.36. The van der Waals surface area contributed by atoms with Gasteiger partial charge in [0.15, 0.2) is 0 Å². The molecule has 0 saturated carbocycles. The molecule has 4 atom stereocenters. The number of hydrogen-bond acceptors (Lipinski definition) is 6. The summed E-state index contributed by atoms with van der Waals surface area (Å²) < 4.78 is 0. The molecule has 0 bridgehead atoms. The van der Waals surface area contributed by atoms with Crippen LogP contribution in [0.4, 0.5) is 17.1 Å². The van der Waals surface area contributed by atoms with Gasteiger partial charge in [0.25, 0.3) is 5.69 Å².